The van der Waals surface area contributed by atoms with E-state index >= 15 is 0 Å². The Morgan fingerprint density at radius 1 is 1.20 bits per heavy atom. The molecule has 4 heteroatoms. The third-order valence-electron chi connectivity index (χ3n) is 2.80. The molecule has 2 aliphatic rings. The van der Waals surface area contributed by atoms with Crippen LogP contribution in [0, 0.1) is 0 Å². The van der Waals surface area contributed by atoms with Gasteiger partial charge in [0.1, 0.15) is 13.2 Å². The molecule has 1 fully saturated rings. The average Bonchev–Trinajstić information content (AvgIpc) is 2.16. The van der Waals surface area contributed by atoms with Crippen LogP contribution in [0.25, 0.3) is 0 Å². The summed E-state index contributed by atoms with van der Waals surface area (Å²) in [6.07, 6.45) is 1.19. The van der Waals surface area contributed by atoms with Crippen molar-refractivity contribution in [1.82, 2.24) is 5.32 Å². The minimum atomic E-state index is 0. The van der Waals surface area contributed by atoms with Gasteiger partial charge in [0.05, 0.1) is 0 Å². The second-order valence-electron chi connectivity index (χ2n) is 3.67. The third-order valence-corrected chi connectivity index (χ3v) is 2.80. The molecule has 0 aliphatic carbocycles. The van der Waals surface area contributed by atoms with Gasteiger partial charge in [0.25, 0.3) is 0 Å². The molecule has 0 amide bonds. The van der Waals surface area contributed by atoms with Gasteiger partial charge in [-0.3, -0.25) is 0 Å². The number of nitrogens with one attached hydrogen (secondary N) is 1. The summed E-state index contributed by atoms with van der Waals surface area (Å²) in [7, 11) is 0. The standard InChI is InChI=1S/C11H13NO2.ClH/c1-2-8(9-4-5-12-9)11-10(3-1)13-6-7-14-11;/h1-3,9,12H,4-7H2;1H/t9-;/m1./s1. The summed E-state index contributed by atoms with van der Waals surface area (Å²) >= 11 is 0. The minimum absolute atomic E-state index is 0. The first-order valence-corrected chi connectivity index (χ1v) is 5.07. The van der Waals surface area contributed by atoms with Crippen LogP contribution < -0.4 is 14.8 Å². The van der Waals surface area contributed by atoms with Crippen LogP contribution >= 0.6 is 12.4 Å². The number of rotatable bonds is 1. The first-order valence-electron chi connectivity index (χ1n) is 5.07. The smallest absolute Gasteiger partial charge is 0.166 e. The molecule has 1 aromatic carbocycles. The number of ether oxygens (including phenoxy) is 2. The Hall–Kier alpha value is -0.930. The molecule has 0 radical (unpaired) electrons. The Morgan fingerprint density at radius 2 is 2.00 bits per heavy atom. The largest absolute Gasteiger partial charge is 0.486 e. The molecular formula is C11H14ClNO2. The molecular weight excluding hydrogens is 214 g/mol. The van der Waals surface area contributed by atoms with Gasteiger partial charge in [0.15, 0.2) is 11.5 Å². The van der Waals surface area contributed by atoms with Gasteiger partial charge in [-0.25, -0.2) is 0 Å². The van der Waals surface area contributed by atoms with Gasteiger partial charge in [-0.05, 0) is 19.0 Å². The Morgan fingerprint density at radius 3 is 2.73 bits per heavy atom. The zero-order chi connectivity index (χ0) is 9.38. The van der Waals surface area contributed by atoms with Crippen LogP contribution in [0.15, 0.2) is 18.2 Å². The van der Waals surface area contributed by atoms with E-state index < -0.39 is 0 Å². The van der Waals surface area contributed by atoms with E-state index in [0.717, 1.165) is 18.0 Å². The molecule has 2 heterocycles. The third kappa shape index (κ3) is 1.77. The molecule has 82 valence electrons. The van der Waals surface area contributed by atoms with Crippen LogP contribution in [0.2, 0.25) is 0 Å². The van der Waals surface area contributed by atoms with E-state index in [9.17, 15) is 0 Å². The lowest BCUT2D eigenvalue weighted by atomic mass is 9.96. The quantitative estimate of drug-likeness (QED) is 0.795. The highest BCUT2D eigenvalue weighted by Crippen LogP contribution is 2.39. The van der Waals surface area contributed by atoms with Crippen molar-refractivity contribution < 1.29 is 9.47 Å². The summed E-state index contributed by atoms with van der Waals surface area (Å²) in [6, 6.07) is 6.58. The fraction of sp³-hybridized carbons (Fsp3) is 0.455. The van der Waals surface area contributed by atoms with E-state index in [1.165, 1.54) is 12.0 Å². The molecule has 1 N–H and O–H groups in total. The van der Waals surface area contributed by atoms with Crippen LogP contribution in [-0.2, 0) is 0 Å². The van der Waals surface area contributed by atoms with Crippen molar-refractivity contribution in [2.24, 2.45) is 0 Å². The van der Waals surface area contributed by atoms with Crippen LogP contribution in [0.5, 0.6) is 11.5 Å². The first-order chi connectivity index (χ1) is 6.95. The first kappa shape index (κ1) is 10.6. The molecule has 1 atom stereocenters. The lowest BCUT2D eigenvalue weighted by Gasteiger charge is -2.31. The Bertz CT molecular complexity index is 352. The molecule has 15 heavy (non-hydrogen) atoms. The van der Waals surface area contributed by atoms with Gasteiger partial charge in [0, 0.05) is 11.6 Å². The Kier molecular flexibility index (Phi) is 3.03. The van der Waals surface area contributed by atoms with Crippen molar-refractivity contribution in [2.45, 2.75) is 12.5 Å². The van der Waals surface area contributed by atoms with E-state index in [0.29, 0.717) is 19.3 Å². The van der Waals surface area contributed by atoms with E-state index in [2.05, 4.69) is 11.4 Å². The predicted octanol–water partition coefficient (Wildman–Crippen LogP) is 1.91. The molecule has 1 aromatic rings. The summed E-state index contributed by atoms with van der Waals surface area (Å²) in [5, 5.41) is 3.38. The number of halogens is 1. The fourth-order valence-corrected chi connectivity index (χ4v) is 1.92. The molecule has 3 nitrogen and oxygen atoms in total. The van der Waals surface area contributed by atoms with E-state index in [4.69, 9.17) is 9.47 Å². The van der Waals surface area contributed by atoms with Crippen molar-refractivity contribution in [2.75, 3.05) is 19.8 Å². The zero-order valence-corrected chi connectivity index (χ0v) is 9.18. The van der Waals surface area contributed by atoms with Crippen molar-refractivity contribution in [3.05, 3.63) is 23.8 Å². The van der Waals surface area contributed by atoms with E-state index in [1.54, 1.807) is 0 Å². The van der Waals surface area contributed by atoms with Crippen molar-refractivity contribution in [3.63, 3.8) is 0 Å². The summed E-state index contributed by atoms with van der Waals surface area (Å²) in [4.78, 5) is 0. The maximum atomic E-state index is 5.65. The van der Waals surface area contributed by atoms with Gasteiger partial charge < -0.3 is 14.8 Å². The van der Waals surface area contributed by atoms with E-state index in [1.807, 2.05) is 12.1 Å². The van der Waals surface area contributed by atoms with Crippen LogP contribution in [-0.4, -0.2) is 19.8 Å². The normalized spacial score (nSPS) is 22.5. The van der Waals surface area contributed by atoms with Gasteiger partial charge in [-0.2, -0.15) is 0 Å². The van der Waals surface area contributed by atoms with Gasteiger partial charge in [-0.15, -0.1) is 12.4 Å². The molecule has 1 saturated heterocycles. The lowest BCUT2D eigenvalue weighted by Crippen LogP contribution is -2.35. The van der Waals surface area contributed by atoms with Crippen molar-refractivity contribution in [3.8, 4) is 11.5 Å². The summed E-state index contributed by atoms with van der Waals surface area (Å²) in [5.41, 5.74) is 1.24. The molecule has 0 saturated carbocycles. The maximum absolute atomic E-state index is 5.65. The second-order valence-corrected chi connectivity index (χ2v) is 3.67. The molecule has 0 aromatic heterocycles. The van der Waals surface area contributed by atoms with Crippen molar-refractivity contribution >= 4 is 12.4 Å². The number of benzene rings is 1. The SMILES string of the molecule is Cl.c1cc2c(c([C@H]3CCN3)c1)OCCO2. The maximum Gasteiger partial charge on any atom is 0.166 e. The zero-order valence-electron chi connectivity index (χ0n) is 8.36. The summed E-state index contributed by atoms with van der Waals surface area (Å²) in [6.45, 7) is 2.43. The van der Waals surface area contributed by atoms with Crippen molar-refractivity contribution in [1.29, 1.82) is 0 Å². The fourth-order valence-electron chi connectivity index (χ4n) is 1.92. The van der Waals surface area contributed by atoms with Crippen LogP contribution in [0.1, 0.15) is 18.0 Å². The van der Waals surface area contributed by atoms with Crippen LogP contribution in [0.4, 0.5) is 0 Å². The number of hydrogen-bond acceptors (Lipinski definition) is 3. The predicted molar refractivity (Wildman–Crippen MR) is 60.0 cm³/mol. The molecule has 0 spiro atoms. The highest BCUT2D eigenvalue weighted by atomic mass is 35.5. The summed E-state index contributed by atoms with van der Waals surface area (Å²) in [5.74, 6) is 1.83. The monoisotopic (exact) mass is 227 g/mol. The number of fused-ring (bicyclic) bond motifs is 1. The number of hydrogen-bond donors (Lipinski definition) is 1. The van der Waals surface area contributed by atoms with Gasteiger partial charge in [-0.1, -0.05) is 12.1 Å². The minimum Gasteiger partial charge on any atom is -0.486 e. The van der Waals surface area contributed by atoms with Gasteiger partial charge in [0.2, 0.25) is 0 Å². The highest BCUT2D eigenvalue weighted by Gasteiger charge is 2.25. The topological polar surface area (TPSA) is 30.5 Å². The lowest BCUT2D eigenvalue weighted by molar-refractivity contribution is 0.167. The number of para-hydroxylation sites is 1. The Labute approximate surface area is 95.2 Å². The van der Waals surface area contributed by atoms with Crippen LogP contribution in [0.3, 0.4) is 0 Å². The second kappa shape index (κ2) is 4.29. The highest BCUT2D eigenvalue weighted by molar-refractivity contribution is 5.85. The van der Waals surface area contributed by atoms with Gasteiger partial charge >= 0.3 is 0 Å². The molecule has 0 unspecified atom stereocenters. The molecule has 2 aliphatic heterocycles. The molecule has 3 rings (SSSR count). The average molecular weight is 228 g/mol. The van der Waals surface area contributed by atoms with E-state index in [-0.39, 0.29) is 12.4 Å². The summed E-state index contributed by atoms with van der Waals surface area (Å²) < 4.78 is 11.2. The molecule has 0 bridgehead atoms. The Balaban J connectivity index is 0.000000853.